The molecule has 0 spiro atoms. The molecule has 2 aliphatic heterocycles. The molecule has 6 rings (SSSR count). The zero-order valence-corrected chi connectivity index (χ0v) is 29.6. The first-order chi connectivity index (χ1) is 22.2. The van der Waals surface area contributed by atoms with E-state index in [-0.39, 0.29) is 0 Å². The van der Waals surface area contributed by atoms with Gasteiger partial charge < -0.3 is 18.9 Å². The highest BCUT2D eigenvalue weighted by Gasteiger charge is 2.23. The van der Waals surface area contributed by atoms with Gasteiger partial charge in [-0.15, -0.1) is 0 Å². The maximum absolute atomic E-state index is 5.40. The first-order valence-corrected chi connectivity index (χ1v) is 16.9. The van der Waals surface area contributed by atoms with Crippen molar-refractivity contribution in [2.45, 2.75) is 80.4 Å². The summed E-state index contributed by atoms with van der Waals surface area (Å²) >= 11 is 0. The molecule has 4 heteroatoms. The van der Waals surface area contributed by atoms with Crippen LogP contribution in [0.25, 0.3) is 11.1 Å². The lowest BCUT2D eigenvalue weighted by molar-refractivity contribution is 0.263. The molecule has 2 aliphatic rings. The molecule has 2 heterocycles. The smallest absolute Gasteiger partial charge is 0.119 e. The Hall–Kier alpha value is -3.60. The second-order valence-electron chi connectivity index (χ2n) is 12.6. The summed E-state index contributed by atoms with van der Waals surface area (Å²) in [5, 5.41) is 0. The summed E-state index contributed by atoms with van der Waals surface area (Å²) in [6, 6.07) is 37.0. The van der Waals surface area contributed by atoms with Crippen molar-refractivity contribution in [3.63, 3.8) is 0 Å². The molecule has 0 amide bonds. The second-order valence-corrected chi connectivity index (χ2v) is 12.6. The topological polar surface area (TPSA) is 43.5 Å². The van der Waals surface area contributed by atoms with Crippen LogP contribution in [0, 0.1) is 18.8 Å². The quantitative estimate of drug-likeness (QED) is 0.173. The van der Waals surface area contributed by atoms with E-state index in [0.717, 1.165) is 43.0 Å². The van der Waals surface area contributed by atoms with Crippen LogP contribution in [0.15, 0.2) is 109 Å². The Labute approximate surface area is 280 Å². The third-order valence-corrected chi connectivity index (χ3v) is 6.73. The SMILES string of the molecule is CC(C)C.CCC(C)C.CCc1ccc(-c2ccc(C)cc2)cc1.c1ccc(OCC2CO2)cc1.c1ccc(OCC2CO2)cc1. The average Bonchev–Trinajstić information content (AvgIpc) is 4.01. The molecule has 4 aromatic rings. The fraction of sp³-hybridized carbons (Fsp3) is 0.429. The molecule has 250 valence electrons. The standard InChI is InChI=1S/C15H16.2C9H10O2.C5H12.C4H10/c1-3-13-6-10-15(11-7-13)14-8-4-12(2)5-9-14;2*1-2-4-8(5-3-1)10-6-9-7-11-9;1-4-5(2)3;1-4(2)3/h4-11H,3H2,1-2H3;2*1-5,9H,6-7H2;5H,4H2,1-3H3;4H,1-3H3. The normalized spacial score (nSPS) is 15.3. The van der Waals surface area contributed by atoms with Gasteiger partial charge >= 0.3 is 0 Å². The zero-order valence-electron chi connectivity index (χ0n) is 29.6. The van der Waals surface area contributed by atoms with E-state index < -0.39 is 0 Å². The molecule has 4 nitrogen and oxygen atoms in total. The Morgan fingerprint density at radius 2 is 0.935 bits per heavy atom. The van der Waals surface area contributed by atoms with Gasteiger partial charge in [-0.05, 0) is 66.1 Å². The Balaban J connectivity index is 0.000000215. The van der Waals surface area contributed by atoms with E-state index in [1.54, 1.807) is 0 Å². The van der Waals surface area contributed by atoms with Gasteiger partial charge in [-0.25, -0.2) is 0 Å². The van der Waals surface area contributed by atoms with Gasteiger partial charge in [0, 0.05) is 0 Å². The van der Waals surface area contributed by atoms with Crippen molar-refractivity contribution in [2.75, 3.05) is 26.4 Å². The van der Waals surface area contributed by atoms with Gasteiger partial charge in [-0.2, -0.15) is 0 Å². The van der Waals surface area contributed by atoms with Crippen LogP contribution in [0.4, 0.5) is 0 Å². The average molecular weight is 627 g/mol. The summed E-state index contributed by atoms with van der Waals surface area (Å²) in [7, 11) is 0. The third kappa shape index (κ3) is 19.7. The summed E-state index contributed by atoms with van der Waals surface area (Å²) in [6.07, 6.45) is 3.10. The van der Waals surface area contributed by atoms with Crippen LogP contribution >= 0.6 is 0 Å². The van der Waals surface area contributed by atoms with Crippen molar-refractivity contribution < 1.29 is 18.9 Å². The van der Waals surface area contributed by atoms with Crippen LogP contribution in [0.5, 0.6) is 11.5 Å². The summed E-state index contributed by atoms with van der Waals surface area (Å²) in [4.78, 5) is 0. The van der Waals surface area contributed by atoms with Crippen LogP contribution < -0.4 is 9.47 Å². The lowest BCUT2D eigenvalue weighted by Crippen LogP contribution is -2.03. The van der Waals surface area contributed by atoms with Crippen molar-refractivity contribution in [3.05, 3.63) is 120 Å². The molecular formula is C42H58O4. The van der Waals surface area contributed by atoms with Gasteiger partial charge in [0.2, 0.25) is 0 Å². The van der Waals surface area contributed by atoms with Crippen LogP contribution in [-0.4, -0.2) is 38.6 Å². The molecule has 2 atom stereocenters. The minimum atomic E-state index is 0.343. The number of ether oxygens (including phenoxy) is 4. The van der Waals surface area contributed by atoms with E-state index in [2.05, 4.69) is 104 Å². The fourth-order valence-corrected chi connectivity index (χ4v) is 3.42. The monoisotopic (exact) mass is 626 g/mol. The van der Waals surface area contributed by atoms with Crippen molar-refractivity contribution in [1.82, 2.24) is 0 Å². The summed E-state index contributed by atoms with van der Waals surface area (Å²) in [5.74, 6) is 3.56. The van der Waals surface area contributed by atoms with Crippen LogP contribution in [0.1, 0.15) is 66.0 Å². The third-order valence-electron chi connectivity index (χ3n) is 6.73. The van der Waals surface area contributed by atoms with Gasteiger partial charge in [0.15, 0.2) is 0 Å². The van der Waals surface area contributed by atoms with Crippen LogP contribution in [0.3, 0.4) is 0 Å². The van der Waals surface area contributed by atoms with Crippen molar-refractivity contribution >= 4 is 0 Å². The lowest BCUT2D eigenvalue weighted by atomic mass is 10.0. The summed E-state index contributed by atoms with van der Waals surface area (Å²) in [6.45, 7) is 20.5. The van der Waals surface area contributed by atoms with E-state index in [1.807, 2.05) is 60.7 Å². The first kappa shape index (κ1) is 38.6. The Kier molecular flexibility index (Phi) is 19.2. The number of epoxide rings is 2. The number of benzene rings is 4. The molecule has 0 N–H and O–H groups in total. The number of para-hydroxylation sites is 2. The molecule has 0 radical (unpaired) electrons. The van der Waals surface area contributed by atoms with Crippen LogP contribution in [0.2, 0.25) is 0 Å². The molecular weight excluding hydrogens is 568 g/mol. The maximum atomic E-state index is 5.40. The second kappa shape index (κ2) is 22.8. The Bertz CT molecular complexity index is 1210. The largest absolute Gasteiger partial charge is 0.491 e. The number of aryl methyl sites for hydroxylation is 2. The molecule has 4 aromatic carbocycles. The van der Waals surface area contributed by atoms with E-state index in [0.29, 0.717) is 25.4 Å². The van der Waals surface area contributed by atoms with Crippen molar-refractivity contribution in [2.24, 2.45) is 11.8 Å². The molecule has 0 saturated carbocycles. The number of hydrogen-bond acceptors (Lipinski definition) is 4. The van der Waals surface area contributed by atoms with Gasteiger partial charge in [0.05, 0.1) is 13.2 Å². The zero-order chi connectivity index (χ0) is 33.6. The van der Waals surface area contributed by atoms with Gasteiger partial charge in [0.1, 0.15) is 36.9 Å². The summed E-state index contributed by atoms with van der Waals surface area (Å²) < 4.78 is 20.8. The summed E-state index contributed by atoms with van der Waals surface area (Å²) in [5.41, 5.74) is 5.30. The van der Waals surface area contributed by atoms with Crippen molar-refractivity contribution in [1.29, 1.82) is 0 Å². The number of rotatable bonds is 9. The molecule has 2 unspecified atom stereocenters. The molecule has 0 bridgehead atoms. The van der Waals surface area contributed by atoms with E-state index in [1.165, 1.54) is 28.7 Å². The van der Waals surface area contributed by atoms with E-state index >= 15 is 0 Å². The molecule has 0 aliphatic carbocycles. The van der Waals surface area contributed by atoms with Crippen LogP contribution in [-0.2, 0) is 15.9 Å². The van der Waals surface area contributed by atoms with Gasteiger partial charge in [-0.1, -0.05) is 145 Å². The van der Waals surface area contributed by atoms with E-state index in [4.69, 9.17) is 18.9 Å². The minimum Gasteiger partial charge on any atom is -0.491 e. The molecule has 46 heavy (non-hydrogen) atoms. The highest BCUT2D eigenvalue weighted by molar-refractivity contribution is 5.63. The Morgan fingerprint density at radius 1 is 0.587 bits per heavy atom. The highest BCUT2D eigenvalue weighted by atomic mass is 16.6. The predicted molar refractivity (Wildman–Crippen MR) is 195 cm³/mol. The first-order valence-electron chi connectivity index (χ1n) is 16.9. The highest BCUT2D eigenvalue weighted by Crippen LogP contribution is 2.20. The van der Waals surface area contributed by atoms with E-state index in [9.17, 15) is 0 Å². The molecule has 2 saturated heterocycles. The molecule has 0 aromatic heterocycles. The van der Waals surface area contributed by atoms with Crippen molar-refractivity contribution in [3.8, 4) is 22.6 Å². The Morgan fingerprint density at radius 3 is 1.24 bits per heavy atom. The lowest BCUT2D eigenvalue weighted by Gasteiger charge is -2.03. The van der Waals surface area contributed by atoms with Gasteiger partial charge in [-0.3, -0.25) is 0 Å². The van der Waals surface area contributed by atoms with Gasteiger partial charge in [0.25, 0.3) is 0 Å². The minimum absolute atomic E-state index is 0.343. The predicted octanol–water partition coefficient (Wildman–Crippen LogP) is 10.9. The fourth-order valence-electron chi connectivity index (χ4n) is 3.42. The molecule has 2 fully saturated rings. The maximum Gasteiger partial charge on any atom is 0.119 e. The number of hydrogen-bond donors (Lipinski definition) is 0.